The first-order valence-electron chi connectivity index (χ1n) is 6.37. The number of rotatable bonds is 3. The van der Waals surface area contributed by atoms with Gasteiger partial charge in [0, 0.05) is 17.1 Å². The molecule has 0 aromatic rings. The molecule has 0 unspecified atom stereocenters. The van der Waals surface area contributed by atoms with Crippen LogP contribution in [0.25, 0.3) is 0 Å². The zero-order chi connectivity index (χ0) is 12.1. The van der Waals surface area contributed by atoms with Crippen molar-refractivity contribution in [1.82, 2.24) is 4.90 Å². The van der Waals surface area contributed by atoms with Gasteiger partial charge < -0.3 is 0 Å². The molecule has 3 rings (SSSR count). The Balaban J connectivity index is 2.02. The third kappa shape index (κ3) is 1.88. The molecule has 0 aromatic carbocycles. The molecule has 3 aliphatic rings. The average Bonchev–Trinajstić information content (AvgIpc) is 2.15. The predicted octanol–water partition coefficient (Wildman–Crippen LogP) is 3.90. The van der Waals surface area contributed by atoms with Gasteiger partial charge in [-0.15, -0.1) is 0 Å². The average molecular weight is 286 g/mol. The van der Waals surface area contributed by atoms with Crippen LogP contribution in [0.2, 0.25) is 0 Å². The topological polar surface area (TPSA) is 3.24 Å². The van der Waals surface area contributed by atoms with E-state index >= 15 is 0 Å². The van der Waals surface area contributed by atoms with Crippen LogP contribution in [0.15, 0.2) is 11.1 Å². The van der Waals surface area contributed by atoms with E-state index in [0.717, 1.165) is 34.8 Å². The number of fused-ring (bicyclic) bond motifs is 2. The first-order valence-corrected chi connectivity index (χ1v) is 7.17. The van der Waals surface area contributed by atoms with Gasteiger partial charge in [-0.3, -0.25) is 4.90 Å². The van der Waals surface area contributed by atoms with Gasteiger partial charge in [0.15, 0.2) is 0 Å². The SMILES string of the molecule is C=C(Br)CN(C)[C@@H]1C[C@@H]2C[C@H]([C@H]1C)C2(C)C. The molecule has 3 fully saturated rings. The number of likely N-dealkylation sites (N-methyl/N-ethyl adjacent to an activating group) is 1. The highest BCUT2D eigenvalue weighted by atomic mass is 79.9. The summed E-state index contributed by atoms with van der Waals surface area (Å²) < 4.78 is 1.10. The highest BCUT2D eigenvalue weighted by Crippen LogP contribution is 2.61. The van der Waals surface area contributed by atoms with Crippen molar-refractivity contribution < 1.29 is 0 Å². The van der Waals surface area contributed by atoms with Crippen LogP contribution in [-0.2, 0) is 0 Å². The standard InChI is InChI=1S/C14H24BrN/c1-9(15)8-16(5)13-7-11-6-12(10(13)2)14(11,3)4/h10-13H,1,6-8H2,2-5H3/t10-,11+,12-,13-/m1/s1. The van der Waals surface area contributed by atoms with Crippen molar-refractivity contribution in [3.63, 3.8) is 0 Å². The Hall–Kier alpha value is 0.180. The van der Waals surface area contributed by atoms with Crippen molar-refractivity contribution in [3.05, 3.63) is 11.1 Å². The summed E-state index contributed by atoms with van der Waals surface area (Å²) in [5, 5.41) is 0. The molecule has 1 nitrogen and oxygen atoms in total. The van der Waals surface area contributed by atoms with Crippen LogP contribution in [0.5, 0.6) is 0 Å². The van der Waals surface area contributed by atoms with Crippen LogP contribution in [0, 0.1) is 23.2 Å². The molecule has 92 valence electrons. The number of nitrogens with zero attached hydrogens (tertiary/aromatic N) is 1. The van der Waals surface area contributed by atoms with Crippen LogP contribution in [0.1, 0.15) is 33.6 Å². The molecule has 0 spiro atoms. The molecule has 0 amide bonds. The lowest BCUT2D eigenvalue weighted by Crippen LogP contribution is -2.60. The summed E-state index contributed by atoms with van der Waals surface area (Å²) in [5.74, 6) is 2.71. The Bertz CT molecular complexity index is 297. The number of halogens is 1. The molecule has 0 N–H and O–H groups in total. The van der Waals surface area contributed by atoms with Crippen molar-refractivity contribution in [1.29, 1.82) is 0 Å². The zero-order valence-electron chi connectivity index (χ0n) is 11.0. The van der Waals surface area contributed by atoms with Gasteiger partial charge >= 0.3 is 0 Å². The van der Waals surface area contributed by atoms with Crippen LogP contribution in [0.3, 0.4) is 0 Å². The molecule has 0 saturated heterocycles. The van der Waals surface area contributed by atoms with Crippen LogP contribution < -0.4 is 0 Å². The molecule has 16 heavy (non-hydrogen) atoms. The molecule has 3 saturated carbocycles. The smallest absolute Gasteiger partial charge is 0.0293 e. The van der Waals surface area contributed by atoms with E-state index in [1.54, 1.807) is 0 Å². The fourth-order valence-corrected chi connectivity index (χ4v) is 4.49. The highest BCUT2D eigenvalue weighted by molar-refractivity contribution is 9.11. The maximum Gasteiger partial charge on any atom is 0.0293 e. The minimum Gasteiger partial charge on any atom is -0.298 e. The summed E-state index contributed by atoms with van der Waals surface area (Å²) in [6.07, 6.45) is 2.84. The van der Waals surface area contributed by atoms with Gasteiger partial charge in [-0.2, -0.15) is 0 Å². The second-order valence-electron chi connectivity index (χ2n) is 6.46. The van der Waals surface area contributed by atoms with Crippen molar-refractivity contribution in [3.8, 4) is 0 Å². The molecule has 3 aliphatic carbocycles. The number of hydrogen-bond donors (Lipinski definition) is 0. The molecule has 2 bridgehead atoms. The van der Waals surface area contributed by atoms with Gasteiger partial charge in [0.1, 0.15) is 0 Å². The minimum atomic E-state index is 0.599. The van der Waals surface area contributed by atoms with Gasteiger partial charge in [0.2, 0.25) is 0 Å². The van der Waals surface area contributed by atoms with E-state index in [4.69, 9.17) is 0 Å². The fraction of sp³-hybridized carbons (Fsp3) is 0.857. The van der Waals surface area contributed by atoms with E-state index in [-0.39, 0.29) is 0 Å². The molecule has 4 atom stereocenters. The molecule has 0 heterocycles. The monoisotopic (exact) mass is 285 g/mol. The van der Waals surface area contributed by atoms with Crippen LogP contribution in [0.4, 0.5) is 0 Å². The van der Waals surface area contributed by atoms with Crippen molar-refractivity contribution in [2.45, 2.75) is 39.7 Å². The molecular weight excluding hydrogens is 262 g/mol. The maximum atomic E-state index is 3.95. The van der Waals surface area contributed by atoms with E-state index in [9.17, 15) is 0 Å². The zero-order valence-corrected chi connectivity index (χ0v) is 12.5. The molecular formula is C14H24BrN. The first-order chi connectivity index (χ1) is 7.34. The molecule has 0 aliphatic heterocycles. The normalized spacial score (nSPS) is 40.6. The predicted molar refractivity (Wildman–Crippen MR) is 73.6 cm³/mol. The summed E-state index contributed by atoms with van der Waals surface area (Å²) in [4.78, 5) is 2.48. The van der Waals surface area contributed by atoms with E-state index in [0.29, 0.717) is 5.41 Å². The van der Waals surface area contributed by atoms with Gasteiger partial charge in [-0.25, -0.2) is 0 Å². The molecule has 2 heteroatoms. The van der Waals surface area contributed by atoms with Crippen LogP contribution >= 0.6 is 15.9 Å². The van der Waals surface area contributed by atoms with Crippen molar-refractivity contribution >= 4 is 15.9 Å². The van der Waals surface area contributed by atoms with E-state index in [2.05, 4.69) is 55.2 Å². The quantitative estimate of drug-likeness (QED) is 0.760. The highest BCUT2D eigenvalue weighted by Gasteiger charge is 2.56. The maximum absolute atomic E-state index is 3.95. The Morgan fingerprint density at radius 1 is 1.44 bits per heavy atom. The molecule has 0 aromatic heterocycles. The Morgan fingerprint density at radius 3 is 2.50 bits per heavy atom. The molecule has 0 radical (unpaired) electrons. The second kappa shape index (κ2) is 4.13. The first kappa shape index (κ1) is 12.6. The fourth-order valence-electron chi connectivity index (χ4n) is 4.09. The van der Waals surface area contributed by atoms with E-state index in [1.165, 1.54) is 12.8 Å². The summed E-state index contributed by atoms with van der Waals surface area (Å²) >= 11 is 3.47. The lowest BCUT2D eigenvalue weighted by atomic mass is 9.44. The van der Waals surface area contributed by atoms with Gasteiger partial charge in [-0.05, 0) is 43.1 Å². The Labute approximate surface area is 108 Å². The van der Waals surface area contributed by atoms with Crippen molar-refractivity contribution in [2.75, 3.05) is 13.6 Å². The largest absolute Gasteiger partial charge is 0.298 e. The lowest BCUT2D eigenvalue weighted by molar-refractivity contribution is -0.134. The third-order valence-corrected chi connectivity index (χ3v) is 5.55. The van der Waals surface area contributed by atoms with Gasteiger partial charge in [-0.1, -0.05) is 43.3 Å². The minimum absolute atomic E-state index is 0.599. The second-order valence-corrected chi connectivity index (χ2v) is 7.58. The van der Waals surface area contributed by atoms with Crippen molar-refractivity contribution in [2.24, 2.45) is 23.2 Å². The van der Waals surface area contributed by atoms with E-state index in [1.807, 2.05) is 0 Å². The summed E-state index contributed by atoms with van der Waals surface area (Å²) in [6.45, 7) is 12.3. The Kier molecular flexibility index (Phi) is 3.26. The van der Waals surface area contributed by atoms with Gasteiger partial charge in [0.05, 0.1) is 0 Å². The third-order valence-electron chi connectivity index (χ3n) is 5.30. The number of hydrogen-bond acceptors (Lipinski definition) is 1. The summed E-state index contributed by atoms with van der Waals surface area (Å²) in [7, 11) is 2.24. The Morgan fingerprint density at radius 2 is 2.06 bits per heavy atom. The summed E-state index contributed by atoms with van der Waals surface area (Å²) in [5.41, 5.74) is 0.599. The summed E-state index contributed by atoms with van der Waals surface area (Å²) in [6, 6.07) is 0.756. The lowest BCUT2D eigenvalue weighted by Gasteiger charge is -2.63. The van der Waals surface area contributed by atoms with Gasteiger partial charge in [0.25, 0.3) is 0 Å². The van der Waals surface area contributed by atoms with E-state index < -0.39 is 0 Å². The van der Waals surface area contributed by atoms with Crippen LogP contribution in [-0.4, -0.2) is 24.5 Å².